The number of thiophene rings is 1. The summed E-state index contributed by atoms with van der Waals surface area (Å²) in [6, 6.07) is 11.2. The first-order chi connectivity index (χ1) is 19.7. The zero-order chi connectivity index (χ0) is 29.1. The number of aryl methyl sites for hydroxylation is 1. The summed E-state index contributed by atoms with van der Waals surface area (Å²) in [5.41, 5.74) is 2.27. The molecule has 1 fully saturated rings. The SMILES string of the molecule is COc1ccc(NC(=O)c2c(NC(=O)c3ccc(C(C)O)c(S(=O)(=O)N4CCOCC4)c3)sc3c2CCCC3)cc1. The minimum Gasteiger partial charge on any atom is -0.497 e. The molecule has 218 valence electrons. The van der Waals surface area contributed by atoms with Gasteiger partial charge in [-0.25, -0.2) is 8.42 Å². The number of hydrogen-bond donors (Lipinski definition) is 3. The van der Waals surface area contributed by atoms with Crippen molar-refractivity contribution in [3.8, 4) is 5.75 Å². The lowest BCUT2D eigenvalue weighted by Gasteiger charge is -2.27. The number of amides is 2. The minimum absolute atomic E-state index is 0.106. The van der Waals surface area contributed by atoms with E-state index < -0.39 is 22.0 Å². The molecule has 2 amide bonds. The molecule has 10 nitrogen and oxygen atoms in total. The number of hydrogen-bond acceptors (Lipinski definition) is 8. The molecule has 1 aliphatic carbocycles. The Hall–Kier alpha value is -3.29. The Balaban J connectivity index is 1.46. The minimum atomic E-state index is -3.99. The Morgan fingerprint density at radius 3 is 2.41 bits per heavy atom. The van der Waals surface area contributed by atoms with Gasteiger partial charge in [0.25, 0.3) is 11.8 Å². The van der Waals surface area contributed by atoms with E-state index in [1.807, 2.05) is 0 Å². The Morgan fingerprint density at radius 2 is 1.73 bits per heavy atom. The van der Waals surface area contributed by atoms with Gasteiger partial charge in [0.2, 0.25) is 10.0 Å². The molecule has 2 aliphatic rings. The fourth-order valence-corrected chi connectivity index (χ4v) is 8.11. The quantitative estimate of drug-likeness (QED) is 0.353. The second-order valence-corrected chi connectivity index (χ2v) is 13.0. The summed E-state index contributed by atoms with van der Waals surface area (Å²) in [7, 11) is -2.42. The highest BCUT2D eigenvalue weighted by atomic mass is 32.2. The van der Waals surface area contributed by atoms with E-state index >= 15 is 0 Å². The molecule has 12 heteroatoms. The van der Waals surface area contributed by atoms with Crippen molar-refractivity contribution in [3.63, 3.8) is 0 Å². The van der Waals surface area contributed by atoms with Crippen LogP contribution in [0.3, 0.4) is 0 Å². The lowest BCUT2D eigenvalue weighted by molar-refractivity contribution is 0.0729. The number of aliphatic hydroxyl groups excluding tert-OH is 1. The van der Waals surface area contributed by atoms with Crippen LogP contribution in [-0.2, 0) is 27.6 Å². The number of sulfonamides is 1. The Kier molecular flexibility index (Phi) is 8.76. The highest BCUT2D eigenvalue weighted by molar-refractivity contribution is 7.89. The molecule has 1 saturated heterocycles. The van der Waals surface area contributed by atoms with Crippen molar-refractivity contribution in [1.82, 2.24) is 4.31 Å². The van der Waals surface area contributed by atoms with Gasteiger partial charge in [0.05, 0.1) is 36.9 Å². The molecule has 3 aromatic rings. The second kappa shape index (κ2) is 12.3. The number of benzene rings is 2. The zero-order valence-electron chi connectivity index (χ0n) is 22.9. The number of carbonyl (C=O) groups excluding carboxylic acids is 2. The smallest absolute Gasteiger partial charge is 0.258 e. The third kappa shape index (κ3) is 6.16. The van der Waals surface area contributed by atoms with Crippen molar-refractivity contribution in [2.45, 2.75) is 43.6 Å². The molecule has 0 saturated carbocycles. The Labute approximate surface area is 243 Å². The Bertz CT molecular complexity index is 1540. The number of rotatable bonds is 8. The van der Waals surface area contributed by atoms with Gasteiger partial charge in [-0.05, 0) is 74.6 Å². The van der Waals surface area contributed by atoms with Crippen LogP contribution in [-0.4, -0.2) is 63.1 Å². The van der Waals surface area contributed by atoms with E-state index in [-0.39, 0.29) is 48.2 Å². The zero-order valence-corrected chi connectivity index (χ0v) is 24.6. The summed E-state index contributed by atoms with van der Waals surface area (Å²) in [6.07, 6.45) is 2.45. The van der Waals surface area contributed by atoms with E-state index in [9.17, 15) is 23.1 Å². The largest absolute Gasteiger partial charge is 0.497 e. The van der Waals surface area contributed by atoms with Crippen LogP contribution in [0.5, 0.6) is 5.75 Å². The van der Waals surface area contributed by atoms with Crippen molar-refractivity contribution in [2.24, 2.45) is 0 Å². The lowest BCUT2D eigenvalue weighted by Crippen LogP contribution is -2.41. The topological polar surface area (TPSA) is 134 Å². The molecule has 1 unspecified atom stereocenters. The molecule has 5 rings (SSSR count). The fraction of sp³-hybridized carbons (Fsp3) is 0.379. The van der Waals surface area contributed by atoms with Gasteiger partial charge in [0, 0.05) is 34.8 Å². The van der Waals surface area contributed by atoms with E-state index in [1.54, 1.807) is 31.4 Å². The maximum Gasteiger partial charge on any atom is 0.258 e. The fourth-order valence-electron chi connectivity index (χ4n) is 5.11. The predicted octanol–water partition coefficient (Wildman–Crippen LogP) is 4.21. The molecule has 0 bridgehead atoms. The molecule has 1 aliphatic heterocycles. The normalized spacial score (nSPS) is 16.5. The van der Waals surface area contributed by atoms with Gasteiger partial charge in [-0.2, -0.15) is 4.31 Å². The predicted molar refractivity (Wildman–Crippen MR) is 157 cm³/mol. The summed E-state index contributed by atoms with van der Waals surface area (Å²) in [5.74, 6) is -0.206. The van der Waals surface area contributed by atoms with Crippen LogP contribution in [0, 0.1) is 0 Å². The third-order valence-electron chi connectivity index (χ3n) is 7.29. The van der Waals surface area contributed by atoms with Crippen LogP contribution < -0.4 is 15.4 Å². The number of anilines is 2. The van der Waals surface area contributed by atoms with E-state index in [0.29, 0.717) is 22.0 Å². The summed E-state index contributed by atoms with van der Waals surface area (Å²) >= 11 is 1.38. The number of methoxy groups -OCH3 is 1. The van der Waals surface area contributed by atoms with Gasteiger partial charge in [0.1, 0.15) is 10.8 Å². The summed E-state index contributed by atoms with van der Waals surface area (Å²) in [5, 5.41) is 16.5. The van der Waals surface area contributed by atoms with Crippen LogP contribution in [0.2, 0.25) is 0 Å². The highest BCUT2D eigenvalue weighted by Gasteiger charge is 2.31. The van der Waals surface area contributed by atoms with Gasteiger partial charge >= 0.3 is 0 Å². The van der Waals surface area contributed by atoms with Gasteiger partial charge in [-0.15, -0.1) is 11.3 Å². The van der Waals surface area contributed by atoms with Gasteiger partial charge in [-0.3, -0.25) is 9.59 Å². The van der Waals surface area contributed by atoms with Crippen LogP contribution in [0.25, 0.3) is 0 Å². The highest BCUT2D eigenvalue weighted by Crippen LogP contribution is 2.39. The molecule has 41 heavy (non-hydrogen) atoms. The van der Waals surface area contributed by atoms with Crippen LogP contribution in [0.1, 0.15) is 62.6 Å². The number of nitrogens with one attached hydrogen (secondary N) is 2. The molecule has 2 heterocycles. The number of aliphatic hydroxyl groups is 1. The van der Waals surface area contributed by atoms with E-state index in [4.69, 9.17) is 9.47 Å². The second-order valence-electron chi connectivity index (χ2n) is 10.00. The lowest BCUT2D eigenvalue weighted by atomic mass is 9.95. The third-order valence-corrected chi connectivity index (χ3v) is 10.4. The van der Waals surface area contributed by atoms with Crippen LogP contribution in [0.15, 0.2) is 47.4 Å². The van der Waals surface area contributed by atoms with Crippen molar-refractivity contribution in [3.05, 3.63) is 69.6 Å². The number of ether oxygens (including phenoxy) is 2. The summed E-state index contributed by atoms with van der Waals surface area (Å²) in [6.45, 7) is 2.40. The maximum atomic E-state index is 13.5. The van der Waals surface area contributed by atoms with E-state index in [2.05, 4.69) is 10.6 Å². The number of nitrogens with zero attached hydrogens (tertiary/aromatic N) is 1. The molecule has 1 aromatic heterocycles. The number of fused-ring (bicyclic) bond motifs is 1. The molecular formula is C29H33N3O7S2. The molecule has 3 N–H and O–H groups in total. The molecular weight excluding hydrogens is 566 g/mol. The van der Waals surface area contributed by atoms with Crippen molar-refractivity contribution < 1.29 is 32.6 Å². The van der Waals surface area contributed by atoms with Crippen molar-refractivity contribution >= 4 is 43.9 Å². The summed E-state index contributed by atoms with van der Waals surface area (Å²) in [4.78, 5) is 28.0. The standard InChI is InChI=1S/C29H33N3O7S2/c1-18(33)22-12-7-19(17-25(22)41(36,37)32-13-15-39-16-14-32)27(34)31-29-26(23-5-3-4-6-24(23)40-29)28(35)30-20-8-10-21(38-2)11-9-20/h7-12,17-18,33H,3-6,13-16H2,1-2H3,(H,30,35)(H,31,34). The first-order valence-corrected chi connectivity index (χ1v) is 15.8. The molecule has 0 spiro atoms. The van der Waals surface area contributed by atoms with Gasteiger partial charge < -0.3 is 25.2 Å². The van der Waals surface area contributed by atoms with Crippen LogP contribution in [0.4, 0.5) is 10.7 Å². The Morgan fingerprint density at radius 1 is 1.02 bits per heavy atom. The number of morpholine rings is 1. The van der Waals surface area contributed by atoms with Crippen molar-refractivity contribution in [2.75, 3.05) is 44.0 Å². The first kappa shape index (κ1) is 29.2. The van der Waals surface area contributed by atoms with E-state index in [0.717, 1.165) is 36.1 Å². The summed E-state index contributed by atoms with van der Waals surface area (Å²) < 4.78 is 38.8. The average molecular weight is 600 g/mol. The molecule has 2 aromatic carbocycles. The maximum absolute atomic E-state index is 13.5. The van der Waals surface area contributed by atoms with Crippen LogP contribution >= 0.6 is 11.3 Å². The van der Waals surface area contributed by atoms with Gasteiger partial charge in [0.15, 0.2) is 0 Å². The van der Waals surface area contributed by atoms with Crippen molar-refractivity contribution in [1.29, 1.82) is 0 Å². The average Bonchev–Trinajstić information content (AvgIpc) is 3.35. The van der Waals surface area contributed by atoms with Gasteiger partial charge in [-0.1, -0.05) is 6.07 Å². The van der Waals surface area contributed by atoms with E-state index in [1.165, 1.54) is 40.8 Å². The molecule has 1 atom stereocenters. The number of carbonyl (C=O) groups is 2. The first-order valence-electron chi connectivity index (χ1n) is 13.5. The molecule has 0 radical (unpaired) electrons. The monoisotopic (exact) mass is 599 g/mol.